The van der Waals surface area contributed by atoms with Crippen LogP contribution < -0.4 is 10.6 Å². The van der Waals surface area contributed by atoms with E-state index >= 15 is 0 Å². The van der Waals surface area contributed by atoms with Crippen LogP contribution in [0.25, 0.3) is 0 Å². The molecule has 0 aliphatic carbocycles. The van der Waals surface area contributed by atoms with Crippen molar-refractivity contribution < 1.29 is 12.9 Å². The van der Waals surface area contributed by atoms with Gasteiger partial charge in [0.15, 0.2) is 11.6 Å². The summed E-state index contributed by atoms with van der Waals surface area (Å²) in [7, 11) is 0.0204. The molecule has 2 N–H and O–H groups in total. The Hall–Kier alpha value is -2.31. The highest BCUT2D eigenvalue weighted by atomic mass is 32.2. The molecule has 29 heavy (non-hydrogen) atoms. The number of nitrogens with two attached hydrogens (primary N) is 1. The average Bonchev–Trinajstić information content (AvgIpc) is 2.85. The normalized spacial score (nSPS) is 17.8. The van der Waals surface area contributed by atoms with E-state index < -0.39 is 10.0 Å². The minimum Gasteiger partial charge on any atom is -0.368 e. The number of anilines is 2. The van der Waals surface area contributed by atoms with E-state index in [1.807, 2.05) is 21.0 Å². The summed E-state index contributed by atoms with van der Waals surface area (Å²) in [6.45, 7) is 7.31. The molecule has 2 aromatic rings. The smallest absolute Gasteiger partial charge is 0.248 e. The van der Waals surface area contributed by atoms with E-state index in [2.05, 4.69) is 25.0 Å². The molecule has 0 radical (unpaired) electrons. The van der Waals surface area contributed by atoms with E-state index in [0.29, 0.717) is 49.3 Å². The maximum Gasteiger partial charge on any atom is 0.248 e. The third-order valence-electron chi connectivity index (χ3n) is 5.03. The maximum absolute atomic E-state index is 13.1. The van der Waals surface area contributed by atoms with Gasteiger partial charge in [-0.15, -0.1) is 0 Å². The van der Waals surface area contributed by atoms with Gasteiger partial charge in [-0.05, 0) is 27.2 Å². The van der Waals surface area contributed by atoms with Crippen LogP contribution in [-0.2, 0) is 10.0 Å². The van der Waals surface area contributed by atoms with Gasteiger partial charge < -0.3 is 15.2 Å². The van der Waals surface area contributed by atoms with Crippen LogP contribution in [0.5, 0.6) is 0 Å². The quantitative estimate of drug-likeness (QED) is 0.726. The molecule has 0 amide bonds. The lowest BCUT2D eigenvalue weighted by Crippen LogP contribution is -2.36. The second kappa shape index (κ2) is 8.20. The van der Waals surface area contributed by atoms with Crippen molar-refractivity contribution >= 4 is 21.9 Å². The summed E-state index contributed by atoms with van der Waals surface area (Å²) in [6.07, 6.45) is 0.689. The third-order valence-corrected chi connectivity index (χ3v) is 7.18. The van der Waals surface area contributed by atoms with E-state index in [0.717, 1.165) is 6.54 Å². The van der Waals surface area contributed by atoms with Gasteiger partial charge in [0.25, 0.3) is 0 Å². The molecule has 2 aromatic heterocycles. The summed E-state index contributed by atoms with van der Waals surface area (Å²) in [4.78, 5) is 17.0. The topological polar surface area (TPSA) is 135 Å². The van der Waals surface area contributed by atoms with Gasteiger partial charge in [0.05, 0.1) is 6.04 Å². The first-order chi connectivity index (χ1) is 13.6. The van der Waals surface area contributed by atoms with E-state index in [1.165, 1.54) is 4.31 Å². The summed E-state index contributed by atoms with van der Waals surface area (Å²) in [6, 6.07) is -0.124. The molecule has 1 aliphatic heterocycles. The molecule has 1 aliphatic rings. The number of hydrogen-bond acceptors (Lipinski definition) is 10. The molecule has 1 saturated heterocycles. The van der Waals surface area contributed by atoms with Gasteiger partial charge in [0.1, 0.15) is 10.6 Å². The zero-order valence-corrected chi connectivity index (χ0v) is 18.3. The number of sulfonamides is 1. The fourth-order valence-electron chi connectivity index (χ4n) is 3.46. The Kier molecular flexibility index (Phi) is 6.05. The second-order valence-electron chi connectivity index (χ2n) is 7.37. The third kappa shape index (κ3) is 4.33. The summed E-state index contributed by atoms with van der Waals surface area (Å²) < 4.78 is 32.8. The lowest BCUT2D eigenvalue weighted by atomic mass is 10.2. The molecule has 1 fully saturated rings. The van der Waals surface area contributed by atoms with Crippen LogP contribution in [-0.4, -0.2) is 78.0 Å². The van der Waals surface area contributed by atoms with E-state index in [-0.39, 0.29) is 16.9 Å². The van der Waals surface area contributed by atoms with Crippen LogP contribution in [0, 0.1) is 13.8 Å². The number of hydrogen-bond donors (Lipinski definition) is 1. The molecule has 3 heterocycles. The molecule has 160 valence electrons. The first-order valence-corrected chi connectivity index (χ1v) is 10.9. The molecule has 11 nitrogen and oxygen atoms in total. The number of nitrogens with zero attached hydrogens (tertiary/aromatic N) is 7. The molecule has 12 heteroatoms. The van der Waals surface area contributed by atoms with Crippen molar-refractivity contribution in [3.8, 4) is 0 Å². The lowest BCUT2D eigenvalue weighted by molar-refractivity contribution is 0.213. The molecular formula is C17H28N8O3S. The molecule has 0 saturated carbocycles. The summed E-state index contributed by atoms with van der Waals surface area (Å²) in [5.41, 5.74) is 6.23. The Morgan fingerprint density at radius 2 is 1.83 bits per heavy atom. The van der Waals surface area contributed by atoms with Gasteiger partial charge in [-0.1, -0.05) is 5.16 Å². The highest BCUT2D eigenvalue weighted by Gasteiger charge is 2.33. The monoisotopic (exact) mass is 424 g/mol. The van der Waals surface area contributed by atoms with E-state index in [9.17, 15) is 8.42 Å². The van der Waals surface area contributed by atoms with Crippen LogP contribution in [0.4, 0.5) is 11.9 Å². The van der Waals surface area contributed by atoms with E-state index in [4.69, 9.17) is 10.3 Å². The second-order valence-corrected chi connectivity index (χ2v) is 9.24. The molecule has 0 unspecified atom stereocenters. The Morgan fingerprint density at radius 3 is 2.45 bits per heavy atom. The Labute approximate surface area is 171 Å². The highest BCUT2D eigenvalue weighted by molar-refractivity contribution is 7.89. The van der Waals surface area contributed by atoms with Crippen LogP contribution >= 0.6 is 0 Å². The fourth-order valence-corrected chi connectivity index (χ4v) is 5.22. The number of nitrogen functional groups attached to an aromatic ring is 1. The summed E-state index contributed by atoms with van der Waals surface area (Å²) >= 11 is 0. The van der Waals surface area contributed by atoms with Crippen molar-refractivity contribution in [3.63, 3.8) is 0 Å². The van der Waals surface area contributed by atoms with Crippen molar-refractivity contribution in [2.24, 2.45) is 0 Å². The largest absolute Gasteiger partial charge is 0.368 e. The Balaban J connectivity index is 1.78. The summed E-state index contributed by atoms with van der Waals surface area (Å²) in [5, 5.41) is 3.78. The van der Waals surface area contributed by atoms with Gasteiger partial charge in [-0.2, -0.15) is 19.3 Å². The van der Waals surface area contributed by atoms with Gasteiger partial charge in [0.2, 0.25) is 21.9 Å². The van der Waals surface area contributed by atoms with Crippen molar-refractivity contribution in [1.82, 2.24) is 29.3 Å². The zero-order valence-electron chi connectivity index (χ0n) is 17.5. The van der Waals surface area contributed by atoms with Gasteiger partial charge in [0, 0.05) is 40.3 Å². The summed E-state index contributed by atoms with van der Waals surface area (Å²) in [5.74, 6) is 1.55. The standard InChI is InChI=1S/C17H28N8O3S/c1-11-14(13(3)28-22-11)29(26,27)25-8-6-7-24(9-10-25)12(2)15-19-16(18)21-17(20-15)23(4)5/h12H,6-10H2,1-5H3,(H2,18,19,20,21)/t12-/m1/s1. The van der Waals surface area contributed by atoms with Gasteiger partial charge in [-0.25, -0.2) is 8.42 Å². The number of rotatable bonds is 5. The predicted molar refractivity (Wildman–Crippen MR) is 108 cm³/mol. The number of aryl methyl sites for hydroxylation is 2. The van der Waals surface area contributed by atoms with Crippen molar-refractivity contribution in [2.75, 3.05) is 50.9 Å². The number of aromatic nitrogens is 4. The Morgan fingerprint density at radius 1 is 1.10 bits per heavy atom. The predicted octanol–water partition coefficient (Wildman–Crippen LogP) is 0.582. The van der Waals surface area contributed by atoms with Crippen molar-refractivity contribution in [2.45, 2.75) is 38.1 Å². The maximum atomic E-state index is 13.1. The molecule has 1 atom stereocenters. The molecular weight excluding hydrogens is 396 g/mol. The van der Waals surface area contributed by atoms with Crippen molar-refractivity contribution in [1.29, 1.82) is 0 Å². The lowest BCUT2D eigenvalue weighted by Gasteiger charge is -2.27. The van der Waals surface area contributed by atoms with Crippen LogP contribution in [0.15, 0.2) is 9.42 Å². The van der Waals surface area contributed by atoms with Crippen LogP contribution in [0.2, 0.25) is 0 Å². The van der Waals surface area contributed by atoms with Crippen LogP contribution in [0.3, 0.4) is 0 Å². The molecule has 0 bridgehead atoms. The van der Waals surface area contributed by atoms with Crippen molar-refractivity contribution in [3.05, 3.63) is 17.3 Å². The average molecular weight is 425 g/mol. The van der Waals surface area contributed by atoms with Gasteiger partial charge in [-0.3, -0.25) is 4.90 Å². The first kappa shape index (κ1) is 21.4. The zero-order chi connectivity index (χ0) is 21.3. The fraction of sp³-hybridized carbons (Fsp3) is 0.647. The first-order valence-electron chi connectivity index (χ1n) is 9.47. The molecule has 0 aromatic carbocycles. The minimum atomic E-state index is -3.66. The Bertz CT molecular complexity index is 956. The molecule has 3 rings (SSSR count). The van der Waals surface area contributed by atoms with Crippen LogP contribution in [0.1, 0.15) is 36.7 Å². The van der Waals surface area contributed by atoms with E-state index in [1.54, 1.807) is 18.7 Å². The minimum absolute atomic E-state index is 0.124. The molecule has 0 spiro atoms. The SMILES string of the molecule is Cc1noc(C)c1S(=O)(=O)N1CCCN([C@H](C)c2nc(N)nc(N(C)C)n2)CC1. The van der Waals surface area contributed by atoms with Gasteiger partial charge >= 0.3 is 0 Å². The highest BCUT2D eigenvalue weighted by Crippen LogP contribution is 2.26.